The van der Waals surface area contributed by atoms with E-state index in [9.17, 15) is 0 Å². The topological polar surface area (TPSA) is 51.5 Å². The first-order valence-corrected chi connectivity index (χ1v) is 4.21. The minimum atomic E-state index is 0.440. The van der Waals surface area contributed by atoms with Crippen LogP contribution in [-0.2, 0) is 0 Å². The second kappa shape index (κ2) is 4.28. The van der Waals surface area contributed by atoms with Gasteiger partial charge in [-0.1, -0.05) is 12.1 Å². The van der Waals surface area contributed by atoms with Crippen LogP contribution in [0, 0.1) is 5.53 Å². The molecule has 4 nitrogen and oxygen atoms in total. The summed E-state index contributed by atoms with van der Waals surface area (Å²) in [6, 6.07) is 0.440. The smallest absolute Gasteiger partial charge is 0.0481 e. The zero-order chi connectivity index (χ0) is 8.10. The molecule has 0 aliphatic carbocycles. The molecule has 1 aliphatic rings. The van der Waals surface area contributed by atoms with Gasteiger partial charge in [0.15, 0.2) is 0 Å². The summed E-state index contributed by atoms with van der Waals surface area (Å²) in [4.78, 5) is 2.42. The van der Waals surface area contributed by atoms with Crippen LogP contribution >= 0.6 is 0 Å². The van der Waals surface area contributed by atoms with Crippen LogP contribution in [0.3, 0.4) is 0 Å². The van der Waals surface area contributed by atoms with Crippen LogP contribution in [0.1, 0.15) is 19.8 Å². The summed E-state index contributed by atoms with van der Waals surface area (Å²) in [5, 5.41) is 3.19. The summed E-state index contributed by atoms with van der Waals surface area (Å²) in [6.45, 7) is 5.61. The van der Waals surface area contributed by atoms with E-state index in [1.807, 2.05) is 0 Å². The Labute approximate surface area is 67.4 Å². The molecular weight excluding hydrogens is 140 g/mol. The molecule has 0 aromatic heterocycles. The average Bonchev–Trinajstić information content (AvgIpc) is 2.07. The third-order valence-corrected chi connectivity index (χ3v) is 2.28. The molecule has 0 bridgehead atoms. The monoisotopic (exact) mass is 156 g/mol. The third-order valence-electron chi connectivity index (χ3n) is 2.28. The molecule has 1 fully saturated rings. The van der Waals surface area contributed by atoms with E-state index in [2.05, 4.69) is 22.5 Å². The van der Waals surface area contributed by atoms with Gasteiger partial charge in [0.05, 0.1) is 0 Å². The van der Waals surface area contributed by atoms with Gasteiger partial charge in [-0.15, -0.1) is 0 Å². The van der Waals surface area contributed by atoms with Crippen molar-refractivity contribution in [3.8, 4) is 0 Å². The minimum Gasteiger partial charge on any atom is -0.303 e. The SMILES string of the molecule is CCN1CCC(NN=N)CC1. The molecule has 1 aliphatic heterocycles. The maximum atomic E-state index is 6.63. The molecule has 0 aromatic carbocycles. The van der Waals surface area contributed by atoms with Gasteiger partial charge in [-0.3, -0.25) is 5.43 Å². The first-order chi connectivity index (χ1) is 5.36. The number of rotatable bonds is 3. The van der Waals surface area contributed by atoms with Gasteiger partial charge in [0.1, 0.15) is 0 Å². The van der Waals surface area contributed by atoms with E-state index in [-0.39, 0.29) is 0 Å². The normalized spacial score (nSPS) is 21.5. The first-order valence-electron chi connectivity index (χ1n) is 4.21. The van der Waals surface area contributed by atoms with Crippen molar-refractivity contribution >= 4 is 0 Å². The molecule has 0 spiro atoms. The van der Waals surface area contributed by atoms with E-state index in [1.165, 1.54) is 0 Å². The lowest BCUT2D eigenvalue weighted by Crippen LogP contribution is -2.40. The fourth-order valence-corrected chi connectivity index (χ4v) is 1.47. The van der Waals surface area contributed by atoms with Gasteiger partial charge in [0, 0.05) is 19.1 Å². The largest absolute Gasteiger partial charge is 0.303 e. The Morgan fingerprint density at radius 2 is 2.18 bits per heavy atom. The second-order valence-electron chi connectivity index (χ2n) is 2.95. The summed E-state index contributed by atoms with van der Waals surface area (Å²) in [7, 11) is 0. The Balaban J connectivity index is 2.18. The molecule has 0 aromatic rings. The molecule has 0 amide bonds. The molecule has 1 saturated heterocycles. The van der Waals surface area contributed by atoms with Crippen LogP contribution in [0.5, 0.6) is 0 Å². The van der Waals surface area contributed by atoms with Crippen molar-refractivity contribution in [3.05, 3.63) is 0 Å². The predicted molar refractivity (Wildman–Crippen MR) is 43.4 cm³/mol. The number of likely N-dealkylation sites (tertiary alicyclic amines) is 1. The van der Waals surface area contributed by atoms with Crippen molar-refractivity contribution < 1.29 is 0 Å². The summed E-state index contributed by atoms with van der Waals surface area (Å²) < 4.78 is 0. The molecule has 0 radical (unpaired) electrons. The first kappa shape index (κ1) is 8.46. The molecule has 4 heteroatoms. The average molecular weight is 156 g/mol. The van der Waals surface area contributed by atoms with E-state index in [0.717, 1.165) is 32.5 Å². The van der Waals surface area contributed by atoms with Crippen molar-refractivity contribution in [1.29, 1.82) is 5.53 Å². The fraction of sp³-hybridized carbons (Fsp3) is 1.00. The number of hydrogen-bond donors (Lipinski definition) is 2. The minimum absolute atomic E-state index is 0.440. The van der Waals surface area contributed by atoms with E-state index in [0.29, 0.717) is 6.04 Å². The number of hydrogen-bond acceptors (Lipinski definition) is 3. The van der Waals surface area contributed by atoms with Crippen molar-refractivity contribution in [2.45, 2.75) is 25.8 Å². The summed E-state index contributed by atoms with van der Waals surface area (Å²) in [5.41, 5.74) is 9.43. The van der Waals surface area contributed by atoms with E-state index in [4.69, 9.17) is 5.53 Å². The van der Waals surface area contributed by atoms with Crippen LogP contribution in [0.2, 0.25) is 0 Å². The quantitative estimate of drug-likeness (QED) is 0.473. The lowest BCUT2D eigenvalue weighted by Gasteiger charge is -2.30. The van der Waals surface area contributed by atoms with E-state index >= 15 is 0 Å². The standard InChI is InChI=1S/C7H16N4/c1-2-11-5-3-7(4-6-11)9-10-8/h7H,2-6H2,1H3,(H2,8,9). The van der Waals surface area contributed by atoms with Crippen LogP contribution in [-0.4, -0.2) is 30.6 Å². The Hall–Kier alpha value is -0.640. The fourth-order valence-electron chi connectivity index (χ4n) is 1.47. The molecule has 1 rings (SSSR count). The van der Waals surface area contributed by atoms with Gasteiger partial charge < -0.3 is 4.90 Å². The van der Waals surface area contributed by atoms with Crippen LogP contribution in [0.15, 0.2) is 5.22 Å². The summed E-state index contributed by atoms with van der Waals surface area (Å²) >= 11 is 0. The predicted octanol–water partition coefficient (Wildman–Crippen LogP) is 1.01. The lowest BCUT2D eigenvalue weighted by atomic mass is 10.1. The number of piperidine rings is 1. The van der Waals surface area contributed by atoms with Crippen LogP contribution in [0.25, 0.3) is 0 Å². The van der Waals surface area contributed by atoms with E-state index in [1.54, 1.807) is 0 Å². The van der Waals surface area contributed by atoms with Gasteiger partial charge in [0.25, 0.3) is 0 Å². The molecule has 64 valence electrons. The Morgan fingerprint density at radius 1 is 1.55 bits per heavy atom. The number of nitrogens with one attached hydrogen (secondary N) is 2. The zero-order valence-electron chi connectivity index (χ0n) is 7.01. The molecule has 0 atom stereocenters. The summed E-state index contributed by atoms with van der Waals surface area (Å²) in [6.07, 6.45) is 2.24. The highest BCUT2D eigenvalue weighted by molar-refractivity contribution is 4.74. The highest BCUT2D eigenvalue weighted by atomic mass is 15.4. The van der Waals surface area contributed by atoms with Crippen LogP contribution < -0.4 is 5.43 Å². The highest BCUT2D eigenvalue weighted by Gasteiger charge is 2.16. The highest BCUT2D eigenvalue weighted by Crippen LogP contribution is 2.08. The Bertz CT molecular complexity index is 118. The third kappa shape index (κ3) is 2.46. The van der Waals surface area contributed by atoms with Gasteiger partial charge in [0.2, 0.25) is 0 Å². The maximum Gasteiger partial charge on any atom is 0.0481 e. The van der Waals surface area contributed by atoms with Gasteiger partial charge in [-0.25, -0.2) is 0 Å². The Kier molecular flexibility index (Phi) is 3.29. The zero-order valence-corrected chi connectivity index (χ0v) is 7.01. The summed E-state index contributed by atoms with van der Waals surface area (Å²) in [5.74, 6) is 0. The maximum absolute atomic E-state index is 6.63. The molecule has 11 heavy (non-hydrogen) atoms. The van der Waals surface area contributed by atoms with Gasteiger partial charge in [-0.2, -0.15) is 5.53 Å². The Morgan fingerprint density at radius 3 is 2.64 bits per heavy atom. The molecule has 0 saturated carbocycles. The van der Waals surface area contributed by atoms with Crippen molar-refractivity contribution in [2.24, 2.45) is 5.22 Å². The van der Waals surface area contributed by atoms with E-state index < -0.39 is 0 Å². The second-order valence-corrected chi connectivity index (χ2v) is 2.95. The van der Waals surface area contributed by atoms with Crippen molar-refractivity contribution in [1.82, 2.24) is 10.3 Å². The van der Waals surface area contributed by atoms with Gasteiger partial charge in [-0.05, 0) is 19.4 Å². The molecular formula is C7H16N4. The number of nitrogens with zero attached hydrogens (tertiary/aromatic N) is 2. The molecule has 0 unspecified atom stereocenters. The molecule has 2 N–H and O–H groups in total. The van der Waals surface area contributed by atoms with Gasteiger partial charge >= 0.3 is 0 Å². The molecule has 1 heterocycles. The lowest BCUT2D eigenvalue weighted by molar-refractivity contribution is 0.205. The van der Waals surface area contributed by atoms with Crippen molar-refractivity contribution in [3.63, 3.8) is 0 Å². The van der Waals surface area contributed by atoms with Crippen molar-refractivity contribution in [2.75, 3.05) is 19.6 Å². The van der Waals surface area contributed by atoms with Crippen LogP contribution in [0.4, 0.5) is 0 Å².